The average molecular weight is 1930 g/mol. The molecule has 0 saturated heterocycles. The zero-order valence-electron chi connectivity index (χ0n) is 63.8. The Hall–Kier alpha value is -9.59. The van der Waals surface area contributed by atoms with Crippen molar-refractivity contribution in [2.24, 2.45) is 0 Å². The molecule has 0 bridgehead atoms. The van der Waals surface area contributed by atoms with Crippen molar-refractivity contribution in [2.45, 2.75) is 49.9 Å². The van der Waals surface area contributed by atoms with Gasteiger partial charge >= 0.3 is 0 Å². The van der Waals surface area contributed by atoms with Crippen molar-refractivity contribution in [2.75, 3.05) is 50.1 Å². The second kappa shape index (κ2) is 40.2. The zero-order valence-corrected chi connectivity index (χ0v) is 74.8. The van der Waals surface area contributed by atoms with Gasteiger partial charge in [-0.3, -0.25) is 0 Å². The van der Waals surface area contributed by atoms with Crippen LogP contribution in [0.4, 0.5) is 11.5 Å². The maximum absolute atomic E-state index is 12.9. The second-order valence-corrected chi connectivity index (χ2v) is 34.9. The van der Waals surface area contributed by atoms with Crippen molar-refractivity contribution in [3.8, 4) is 45.0 Å². The summed E-state index contributed by atoms with van der Waals surface area (Å²) in [5.74, 6) is 3.33. The number of thiazole rings is 1. The molecule has 25 heteroatoms. The maximum atomic E-state index is 12.9. The first-order valence-electron chi connectivity index (χ1n) is 37.1. The van der Waals surface area contributed by atoms with E-state index >= 15 is 0 Å². The van der Waals surface area contributed by atoms with Crippen LogP contribution < -0.4 is 19.5 Å². The SMILES string of the molecule is C=CCOc1c(Br)cc(S(=O)(=O)c2cc(Br)c(O)c(Br)c2)cc1Br.CCN(CC)CCNc1nc(/C=C/c2ccc(Cl)cc2)nc2cc3ccccc3cc12.CC[n+]1c(/C=C/N(C)c2ccccc2)n(-c2ccccc2)c2ccc(-c3nc4ccccc4s3)cc21.Oc1ccc(Cl)cc1Cc1cc(Cl)cc(Cc2cc(Cl)ccc2O)c1O. The molecule has 5 N–H and O–H groups in total. The number of aromatic nitrogens is 5. The minimum atomic E-state index is -3.79. The second-order valence-electron chi connectivity index (χ2n) is 26.7. The largest absolute Gasteiger partial charge is 0.508 e. The highest BCUT2D eigenvalue weighted by atomic mass is 79.9. The number of phenolic OH excluding ortho intramolecular Hbond substituents is 4. The molecule has 596 valence electrons. The van der Waals surface area contributed by atoms with Gasteiger partial charge in [0.15, 0.2) is 16.9 Å². The normalized spacial score (nSPS) is 11.4. The number of benzene rings is 12. The first-order valence-corrected chi connectivity index (χ1v) is 44.1. The molecule has 0 aliphatic carbocycles. The number of anilines is 2. The molecular formula is C92H79Br4Cl4N8O7S2+. The van der Waals surface area contributed by atoms with Crippen LogP contribution in [0.25, 0.3) is 77.4 Å². The summed E-state index contributed by atoms with van der Waals surface area (Å²) in [6, 6.07) is 74.8. The summed E-state index contributed by atoms with van der Waals surface area (Å²) >= 11 is 38.8. The van der Waals surface area contributed by atoms with Gasteiger partial charge in [0, 0.05) is 93.1 Å². The fourth-order valence-corrected chi connectivity index (χ4v) is 19.3. The molecule has 0 atom stereocenters. The molecule has 0 saturated carbocycles. The number of phenols is 4. The number of aromatic hydroxyl groups is 4. The fraction of sp³-hybridized carbons (Fsp3) is 0.130. The topological polar surface area (TPSA) is 190 Å². The van der Waals surface area contributed by atoms with Crippen LogP contribution in [0.3, 0.4) is 0 Å². The molecule has 0 unspecified atom stereocenters. The van der Waals surface area contributed by atoms with Gasteiger partial charge in [-0.15, -0.1) is 11.3 Å². The average Bonchev–Trinajstić information content (AvgIpc) is 1.62. The van der Waals surface area contributed by atoms with Gasteiger partial charge in [-0.2, -0.15) is 4.57 Å². The molecule has 0 aliphatic heterocycles. The van der Waals surface area contributed by atoms with E-state index in [2.05, 4.69) is 262 Å². The zero-order chi connectivity index (χ0) is 83.0. The third-order valence-corrected chi connectivity index (χ3v) is 25.1. The Kier molecular flexibility index (Phi) is 29.8. The standard InChI is InChI=1S/C31H27N4S.C26H27ClN4.C20H15Cl3O3.C15H10Br4O4S/c1-3-34-28-22-23(31-32-26-16-10-11-17-29(26)36-31)18-19-27(28)35(25-14-8-5-9-15-25)30(34)20-21-33(2)24-12-6-4-7-13-24;1-3-31(4-2)16-15-28-26-23-17-20-7-5-6-8-21(20)18-24(23)29-25(30-26)14-11-19-9-12-22(27)13-10-19;21-15-1-3-18(24)11(7-15)5-13-9-17(23)10-14(20(13)26)6-12-8-16(22)2-4-19(12)25;1-2-3-23-15-12(18)6-9(7-13(15)19)24(21,22)8-4-10(16)14(20)11(17)5-8/h4-22H,3H2,1-2H3;5-14,17-18H,3-4,15-16H2,1-2H3,(H,28,29,30);1-4,7-10,24-26H,5-6H2;2,4-7,20H,1,3H2/q+1;;;/b;14-11+;;. The third kappa shape index (κ3) is 21.7. The number of rotatable bonds is 23. The monoisotopic (exact) mass is 1930 g/mol. The van der Waals surface area contributed by atoms with E-state index in [1.54, 1.807) is 53.8 Å². The van der Waals surface area contributed by atoms with E-state index in [-0.39, 0.29) is 54.6 Å². The molecule has 3 heterocycles. The number of nitrogens with zero attached hydrogens (tertiary/aromatic N) is 7. The van der Waals surface area contributed by atoms with Crippen LogP contribution in [0.1, 0.15) is 60.2 Å². The van der Waals surface area contributed by atoms with E-state index in [4.69, 9.17) is 66.1 Å². The van der Waals surface area contributed by atoms with Crippen LogP contribution in [0.2, 0.25) is 20.1 Å². The smallest absolute Gasteiger partial charge is 0.289 e. The van der Waals surface area contributed by atoms with E-state index in [1.807, 2.05) is 48.6 Å². The highest BCUT2D eigenvalue weighted by Crippen LogP contribution is 2.42. The van der Waals surface area contributed by atoms with Crippen molar-refractivity contribution in [1.82, 2.24) is 24.4 Å². The van der Waals surface area contributed by atoms with Gasteiger partial charge in [0.2, 0.25) is 9.84 Å². The number of para-hydroxylation sites is 3. The molecule has 0 spiro atoms. The first kappa shape index (κ1) is 86.7. The molecule has 15 rings (SSSR count). The lowest BCUT2D eigenvalue weighted by Crippen LogP contribution is -2.35. The van der Waals surface area contributed by atoms with Crippen molar-refractivity contribution >= 4 is 204 Å². The Morgan fingerprint density at radius 3 is 1.74 bits per heavy atom. The van der Waals surface area contributed by atoms with E-state index in [0.29, 0.717) is 64.4 Å². The van der Waals surface area contributed by atoms with Gasteiger partial charge in [0.1, 0.15) is 51.9 Å². The summed E-state index contributed by atoms with van der Waals surface area (Å²) in [5.41, 5.74) is 11.1. The molecule has 12 aromatic carbocycles. The lowest BCUT2D eigenvalue weighted by atomic mass is 9.97. The van der Waals surface area contributed by atoms with Gasteiger partial charge in [0.05, 0.1) is 50.0 Å². The molecule has 15 aromatic rings. The van der Waals surface area contributed by atoms with E-state index in [9.17, 15) is 28.8 Å². The van der Waals surface area contributed by atoms with Gasteiger partial charge in [0.25, 0.3) is 5.82 Å². The van der Waals surface area contributed by atoms with Crippen molar-refractivity contribution in [3.63, 3.8) is 0 Å². The van der Waals surface area contributed by atoms with Gasteiger partial charge in [-0.1, -0.05) is 164 Å². The number of halogens is 8. The number of ether oxygens (including phenoxy) is 1. The summed E-state index contributed by atoms with van der Waals surface area (Å²) < 4.78 is 38.7. The van der Waals surface area contributed by atoms with Gasteiger partial charge < -0.3 is 40.3 Å². The predicted octanol–water partition coefficient (Wildman–Crippen LogP) is 25.5. The lowest BCUT2D eigenvalue weighted by molar-refractivity contribution is -0.670. The molecule has 0 fully saturated rings. The molecule has 0 aliphatic rings. The molecule has 117 heavy (non-hydrogen) atoms. The van der Waals surface area contributed by atoms with Crippen LogP contribution in [-0.4, -0.2) is 93.1 Å². The number of sulfone groups is 1. The van der Waals surface area contributed by atoms with Crippen molar-refractivity contribution in [1.29, 1.82) is 0 Å². The lowest BCUT2D eigenvalue weighted by Gasteiger charge is -2.18. The quantitative estimate of drug-likeness (QED) is 0.0231. The predicted molar refractivity (Wildman–Crippen MR) is 497 cm³/mol. The maximum Gasteiger partial charge on any atom is 0.289 e. The van der Waals surface area contributed by atoms with E-state index in [0.717, 1.165) is 93.3 Å². The fourth-order valence-electron chi connectivity index (χ4n) is 13.0. The highest BCUT2D eigenvalue weighted by molar-refractivity contribution is 9.11. The summed E-state index contributed by atoms with van der Waals surface area (Å²) in [6.45, 7) is 15.2. The van der Waals surface area contributed by atoms with Crippen LogP contribution in [0.15, 0.2) is 283 Å². The number of hydrogen-bond donors (Lipinski definition) is 5. The van der Waals surface area contributed by atoms with Crippen LogP contribution >= 0.6 is 121 Å². The van der Waals surface area contributed by atoms with Crippen LogP contribution in [0.5, 0.6) is 28.7 Å². The molecular weight excluding hydrogens is 1850 g/mol. The minimum Gasteiger partial charge on any atom is -0.508 e. The Morgan fingerprint density at radius 1 is 0.573 bits per heavy atom. The summed E-state index contributed by atoms with van der Waals surface area (Å²) in [7, 11) is -1.70. The Morgan fingerprint density at radius 2 is 1.14 bits per heavy atom. The van der Waals surface area contributed by atoms with Gasteiger partial charge in [-0.05, 0) is 269 Å². The third-order valence-electron chi connectivity index (χ3n) is 19.0. The van der Waals surface area contributed by atoms with E-state index < -0.39 is 9.84 Å². The molecule has 3 aromatic heterocycles. The Bertz CT molecular complexity index is 6130. The number of imidazole rings is 1. The number of hydrogen-bond acceptors (Lipinski definition) is 14. The van der Waals surface area contributed by atoms with Crippen molar-refractivity contribution in [3.05, 3.63) is 333 Å². The van der Waals surface area contributed by atoms with Crippen molar-refractivity contribution < 1.29 is 38.1 Å². The number of nitrogens with one attached hydrogen (secondary N) is 1. The summed E-state index contributed by atoms with van der Waals surface area (Å²) in [6.07, 6.45) is 10.4. The number of aryl methyl sites for hydroxylation is 1. The van der Waals surface area contributed by atoms with Crippen LogP contribution in [0, 0.1) is 0 Å². The Balaban J connectivity index is 0.000000146. The summed E-state index contributed by atoms with van der Waals surface area (Å²) in [4.78, 5) is 19.2. The molecule has 0 amide bonds. The first-order chi connectivity index (χ1) is 56.4. The van der Waals surface area contributed by atoms with Crippen LogP contribution in [-0.2, 0) is 29.2 Å². The number of likely N-dealkylation sites (N-methyl/N-ethyl adjacent to an activating group) is 1. The van der Waals surface area contributed by atoms with Gasteiger partial charge in [-0.25, -0.2) is 27.9 Å². The van der Waals surface area contributed by atoms with E-state index in [1.165, 1.54) is 62.9 Å². The molecule has 15 nitrogen and oxygen atoms in total. The highest BCUT2D eigenvalue weighted by Gasteiger charge is 2.27. The number of fused-ring (bicyclic) bond motifs is 4. The minimum absolute atomic E-state index is 0.0395. The summed E-state index contributed by atoms with van der Waals surface area (Å²) in [5, 5.41) is 50.6. The molecule has 0 radical (unpaired) electrons. The Labute approximate surface area is 737 Å².